The Morgan fingerprint density at radius 3 is 2.64 bits per heavy atom. The second kappa shape index (κ2) is 5.12. The predicted octanol–water partition coefficient (Wildman–Crippen LogP) is 1.34. The fourth-order valence-electron chi connectivity index (χ4n) is 1.37. The first kappa shape index (κ1) is 11.2. The Morgan fingerprint density at radius 1 is 1.43 bits per heavy atom. The molecule has 1 aliphatic rings. The number of hydrogen-bond acceptors (Lipinski definition) is 4. The molecular formula is C10H16O4. The number of carbonyl (C=O) groups is 1. The van der Waals surface area contributed by atoms with Crippen molar-refractivity contribution in [1.82, 2.24) is 0 Å². The molecule has 14 heavy (non-hydrogen) atoms. The van der Waals surface area contributed by atoms with E-state index in [2.05, 4.69) is 11.5 Å². The molecule has 0 bridgehead atoms. The van der Waals surface area contributed by atoms with Gasteiger partial charge in [-0.25, -0.2) is 4.79 Å². The molecule has 0 saturated heterocycles. The molecule has 0 aromatic rings. The molecule has 1 rings (SSSR count). The summed E-state index contributed by atoms with van der Waals surface area (Å²) in [6.45, 7) is 4.97. The molecular weight excluding hydrogens is 184 g/mol. The van der Waals surface area contributed by atoms with Crippen LogP contribution in [-0.4, -0.2) is 23.3 Å². The summed E-state index contributed by atoms with van der Waals surface area (Å²) in [6, 6.07) is 0. The quantitative estimate of drug-likeness (QED) is 0.424. The summed E-state index contributed by atoms with van der Waals surface area (Å²) in [5.41, 5.74) is 0.287. The summed E-state index contributed by atoms with van der Waals surface area (Å²) in [4.78, 5) is 20.3. The molecule has 1 fully saturated rings. The third-order valence-corrected chi connectivity index (χ3v) is 2.26. The zero-order valence-electron chi connectivity index (χ0n) is 8.36. The minimum absolute atomic E-state index is 0.287. The van der Waals surface area contributed by atoms with E-state index in [4.69, 9.17) is 4.89 Å². The van der Waals surface area contributed by atoms with Crippen molar-refractivity contribution in [3.05, 3.63) is 12.2 Å². The molecule has 0 amide bonds. The summed E-state index contributed by atoms with van der Waals surface area (Å²) in [5.74, 6) is -0.581. The van der Waals surface area contributed by atoms with Crippen molar-refractivity contribution in [2.24, 2.45) is 0 Å². The molecule has 2 atom stereocenters. The van der Waals surface area contributed by atoms with Gasteiger partial charge >= 0.3 is 5.97 Å². The highest BCUT2D eigenvalue weighted by molar-refractivity contribution is 5.86. The van der Waals surface area contributed by atoms with Gasteiger partial charge in [-0.2, -0.15) is 4.89 Å². The van der Waals surface area contributed by atoms with Crippen LogP contribution in [-0.2, 0) is 14.6 Å². The van der Waals surface area contributed by atoms with Crippen molar-refractivity contribution in [3.8, 4) is 0 Å². The normalized spacial score (nSPS) is 27.0. The molecule has 1 N–H and O–H groups in total. The van der Waals surface area contributed by atoms with Gasteiger partial charge in [0.2, 0.25) is 0 Å². The smallest absolute Gasteiger partial charge is 0.368 e. The van der Waals surface area contributed by atoms with Gasteiger partial charge < -0.3 is 5.11 Å². The van der Waals surface area contributed by atoms with Gasteiger partial charge in [0.25, 0.3) is 0 Å². The lowest BCUT2D eigenvalue weighted by Gasteiger charge is -2.25. The Balaban J connectivity index is 2.29. The van der Waals surface area contributed by atoms with Crippen LogP contribution in [0.5, 0.6) is 0 Å². The number of hydrogen-bond donors (Lipinski definition) is 1. The SMILES string of the molecule is C=C(C)C(=O)OOC1CCCCC1O. The van der Waals surface area contributed by atoms with Gasteiger partial charge in [-0.05, 0) is 19.8 Å². The van der Waals surface area contributed by atoms with E-state index in [0.717, 1.165) is 19.3 Å². The number of aliphatic hydroxyl groups excluding tert-OH is 1. The van der Waals surface area contributed by atoms with Crippen LogP contribution in [0.15, 0.2) is 12.2 Å². The van der Waals surface area contributed by atoms with Crippen LogP contribution in [0.4, 0.5) is 0 Å². The Labute approximate surface area is 83.4 Å². The third kappa shape index (κ3) is 3.12. The molecule has 0 radical (unpaired) electrons. The van der Waals surface area contributed by atoms with Gasteiger partial charge in [-0.1, -0.05) is 19.4 Å². The van der Waals surface area contributed by atoms with Crippen LogP contribution in [0.25, 0.3) is 0 Å². The van der Waals surface area contributed by atoms with Crippen LogP contribution < -0.4 is 0 Å². The predicted molar refractivity (Wildman–Crippen MR) is 50.3 cm³/mol. The van der Waals surface area contributed by atoms with Gasteiger partial charge in [0.1, 0.15) is 6.10 Å². The Kier molecular flexibility index (Phi) is 4.10. The minimum atomic E-state index is -0.581. The average molecular weight is 200 g/mol. The molecule has 1 saturated carbocycles. The lowest BCUT2D eigenvalue weighted by Crippen LogP contribution is -2.33. The van der Waals surface area contributed by atoms with Gasteiger partial charge in [0.05, 0.1) is 6.10 Å². The molecule has 4 nitrogen and oxygen atoms in total. The summed E-state index contributed by atoms with van der Waals surface area (Å²) in [5, 5.41) is 9.48. The molecule has 1 aliphatic carbocycles. The van der Waals surface area contributed by atoms with E-state index >= 15 is 0 Å². The van der Waals surface area contributed by atoms with Crippen molar-refractivity contribution in [2.45, 2.75) is 44.8 Å². The zero-order chi connectivity index (χ0) is 10.6. The van der Waals surface area contributed by atoms with E-state index in [-0.39, 0.29) is 11.7 Å². The van der Waals surface area contributed by atoms with Crippen molar-refractivity contribution >= 4 is 5.97 Å². The first-order chi connectivity index (χ1) is 6.61. The second-order valence-electron chi connectivity index (χ2n) is 3.64. The molecule has 0 aromatic carbocycles. The summed E-state index contributed by atoms with van der Waals surface area (Å²) < 4.78 is 0. The first-order valence-corrected chi connectivity index (χ1v) is 4.82. The number of carbonyl (C=O) groups excluding carboxylic acids is 1. The van der Waals surface area contributed by atoms with Crippen LogP contribution in [0.2, 0.25) is 0 Å². The van der Waals surface area contributed by atoms with Crippen LogP contribution >= 0.6 is 0 Å². The fraction of sp³-hybridized carbons (Fsp3) is 0.700. The van der Waals surface area contributed by atoms with Gasteiger partial charge in [-0.3, -0.25) is 4.89 Å². The highest BCUT2D eigenvalue weighted by atomic mass is 17.2. The van der Waals surface area contributed by atoms with Gasteiger partial charge in [-0.15, -0.1) is 0 Å². The molecule has 0 aromatic heterocycles. The van der Waals surface area contributed by atoms with E-state index in [9.17, 15) is 9.90 Å². The highest BCUT2D eigenvalue weighted by Gasteiger charge is 2.26. The van der Waals surface area contributed by atoms with Crippen LogP contribution in [0.1, 0.15) is 32.6 Å². The van der Waals surface area contributed by atoms with Crippen molar-refractivity contribution in [3.63, 3.8) is 0 Å². The monoisotopic (exact) mass is 200 g/mol. The minimum Gasteiger partial charge on any atom is -0.390 e. The van der Waals surface area contributed by atoms with E-state index in [1.807, 2.05) is 0 Å². The summed E-state index contributed by atoms with van der Waals surface area (Å²) >= 11 is 0. The summed E-state index contributed by atoms with van der Waals surface area (Å²) in [7, 11) is 0. The lowest BCUT2D eigenvalue weighted by atomic mass is 9.95. The standard InChI is InChI=1S/C10H16O4/c1-7(2)10(12)14-13-9-6-4-3-5-8(9)11/h8-9,11H,1,3-6H2,2H3. The summed E-state index contributed by atoms with van der Waals surface area (Å²) in [6.07, 6.45) is 2.51. The topological polar surface area (TPSA) is 55.8 Å². The van der Waals surface area contributed by atoms with Crippen LogP contribution in [0, 0.1) is 0 Å². The van der Waals surface area contributed by atoms with E-state index in [1.54, 1.807) is 6.92 Å². The van der Waals surface area contributed by atoms with E-state index < -0.39 is 12.1 Å². The molecule has 2 unspecified atom stereocenters. The fourth-order valence-corrected chi connectivity index (χ4v) is 1.37. The zero-order valence-corrected chi connectivity index (χ0v) is 8.36. The third-order valence-electron chi connectivity index (χ3n) is 2.26. The van der Waals surface area contributed by atoms with E-state index in [0.29, 0.717) is 6.42 Å². The Morgan fingerprint density at radius 2 is 2.07 bits per heavy atom. The molecule has 0 heterocycles. The Hall–Kier alpha value is -0.870. The Bertz CT molecular complexity index is 224. The molecule has 0 aliphatic heterocycles. The van der Waals surface area contributed by atoms with Crippen molar-refractivity contribution in [2.75, 3.05) is 0 Å². The maximum atomic E-state index is 11.0. The largest absolute Gasteiger partial charge is 0.390 e. The number of rotatable bonds is 3. The maximum Gasteiger partial charge on any atom is 0.368 e. The molecule has 80 valence electrons. The maximum absolute atomic E-state index is 11.0. The van der Waals surface area contributed by atoms with Gasteiger partial charge in [0.15, 0.2) is 0 Å². The van der Waals surface area contributed by atoms with Crippen molar-refractivity contribution in [1.29, 1.82) is 0 Å². The van der Waals surface area contributed by atoms with Crippen LogP contribution in [0.3, 0.4) is 0 Å². The average Bonchev–Trinajstić information content (AvgIpc) is 2.16. The van der Waals surface area contributed by atoms with E-state index in [1.165, 1.54) is 0 Å². The highest BCUT2D eigenvalue weighted by Crippen LogP contribution is 2.21. The number of aliphatic hydroxyl groups is 1. The molecule has 0 spiro atoms. The first-order valence-electron chi connectivity index (χ1n) is 4.82. The van der Waals surface area contributed by atoms with Gasteiger partial charge in [0, 0.05) is 5.57 Å². The molecule has 4 heteroatoms. The lowest BCUT2D eigenvalue weighted by molar-refractivity contribution is -0.312. The van der Waals surface area contributed by atoms with Crippen molar-refractivity contribution < 1.29 is 19.7 Å². The second-order valence-corrected chi connectivity index (χ2v) is 3.64.